The number of amides is 1. The standard InChI is InChI=1S/C18H21BrN2O/c1-2-15(13-7-4-3-5-8-13)17-9-6-10-21(17)18(22)16-11-14(19)12-20-16/h3-5,7-8,11-12,15,17,20H,2,6,9-10H2,1H3/t15-,17+/m0/s1. The Morgan fingerprint density at radius 2 is 2.18 bits per heavy atom. The number of carbonyl (C=O) groups excluding carboxylic acids is 1. The molecule has 1 aliphatic heterocycles. The molecule has 1 aliphatic rings. The van der Waals surface area contributed by atoms with E-state index in [2.05, 4.69) is 57.0 Å². The lowest BCUT2D eigenvalue weighted by molar-refractivity contribution is 0.0709. The molecule has 1 aromatic carbocycles. The van der Waals surface area contributed by atoms with Crippen molar-refractivity contribution in [1.29, 1.82) is 0 Å². The highest BCUT2D eigenvalue weighted by atomic mass is 79.9. The van der Waals surface area contributed by atoms with Crippen LogP contribution in [0.4, 0.5) is 0 Å². The van der Waals surface area contributed by atoms with Gasteiger partial charge in [0, 0.05) is 29.2 Å². The van der Waals surface area contributed by atoms with Crippen molar-refractivity contribution >= 4 is 21.8 Å². The highest BCUT2D eigenvalue weighted by Gasteiger charge is 2.35. The third kappa shape index (κ3) is 2.98. The Kier molecular flexibility index (Phi) is 4.67. The first-order valence-electron chi connectivity index (χ1n) is 7.90. The van der Waals surface area contributed by atoms with E-state index in [1.54, 1.807) is 0 Å². The molecule has 22 heavy (non-hydrogen) atoms. The molecule has 3 nitrogen and oxygen atoms in total. The molecule has 2 atom stereocenters. The number of rotatable bonds is 4. The zero-order chi connectivity index (χ0) is 15.5. The van der Waals surface area contributed by atoms with Gasteiger partial charge in [0.15, 0.2) is 0 Å². The number of halogens is 1. The van der Waals surface area contributed by atoms with Crippen molar-refractivity contribution in [2.24, 2.45) is 0 Å². The first kappa shape index (κ1) is 15.3. The van der Waals surface area contributed by atoms with Crippen molar-refractivity contribution in [1.82, 2.24) is 9.88 Å². The Labute approximate surface area is 139 Å². The molecule has 0 radical (unpaired) electrons. The van der Waals surface area contributed by atoms with Gasteiger partial charge < -0.3 is 9.88 Å². The second-order valence-electron chi connectivity index (χ2n) is 5.87. The highest BCUT2D eigenvalue weighted by Crippen LogP contribution is 2.34. The summed E-state index contributed by atoms with van der Waals surface area (Å²) in [5.41, 5.74) is 2.00. The first-order chi connectivity index (χ1) is 10.7. The van der Waals surface area contributed by atoms with Crippen LogP contribution in [0.25, 0.3) is 0 Å². The maximum absolute atomic E-state index is 12.8. The number of likely N-dealkylation sites (tertiary alicyclic amines) is 1. The Hall–Kier alpha value is -1.55. The molecule has 2 aromatic rings. The maximum Gasteiger partial charge on any atom is 0.270 e. The van der Waals surface area contributed by atoms with Crippen molar-refractivity contribution < 1.29 is 4.79 Å². The number of aromatic nitrogens is 1. The quantitative estimate of drug-likeness (QED) is 0.851. The third-order valence-electron chi connectivity index (χ3n) is 4.57. The summed E-state index contributed by atoms with van der Waals surface area (Å²) in [4.78, 5) is 17.9. The van der Waals surface area contributed by atoms with Crippen LogP contribution >= 0.6 is 15.9 Å². The Morgan fingerprint density at radius 1 is 1.41 bits per heavy atom. The van der Waals surface area contributed by atoms with E-state index < -0.39 is 0 Å². The lowest BCUT2D eigenvalue weighted by Crippen LogP contribution is -2.39. The van der Waals surface area contributed by atoms with Gasteiger partial charge in [-0.2, -0.15) is 0 Å². The van der Waals surface area contributed by atoms with Crippen LogP contribution in [0, 0.1) is 0 Å². The van der Waals surface area contributed by atoms with Gasteiger partial charge in [0.1, 0.15) is 5.69 Å². The van der Waals surface area contributed by atoms with Crippen LogP contribution in [0.15, 0.2) is 47.1 Å². The molecule has 1 fully saturated rings. The van der Waals surface area contributed by atoms with Gasteiger partial charge in [-0.1, -0.05) is 37.3 Å². The van der Waals surface area contributed by atoms with Crippen molar-refractivity contribution in [2.75, 3.05) is 6.54 Å². The van der Waals surface area contributed by atoms with Gasteiger partial charge in [-0.15, -0.1) is 0 Å². The summed E-state index contributed by atoms with van der Waals surface area (Å²) in [6.45, 7) is 3.06. The number of hydrogen-bond acceptors (Lipinski definition) is 1. The summed E-state index contributed by atoms with van der Waals surface area (Å²) >= 11 is 3.40. The van der Waals surface area contributed by atoms with Crippen LogP contribution < -0.4 is 0 Å². The van der Waals surface area contributed by atoms with E-state index in [1.807, 2.05) is 18.3 Å². The normalized spacial score (nSPS) is 19.4. The molecule has 1 N–H and O–H groups in total. The summed E-state index contributed by atoms with van der Waals surface area (Å²) < 4.78 is 0.918. The molecule has 0 bridgehead atoms. The van der Waals surface area contributed by atoms with Crippen LogP contribution in [0.5, 0.6) is 0 Å². The van der Waals surface area contributed by atoms with Gasteiger partial charge in [0.25, 0.3) is 5.91 Å². The molecule has 0 aliphatic carbocycles. The number of nitrogens with zero attached hydrogens (tertiary/aromatic N) is 1. The van der Waals surface area contributed by atoms with Gasteiger partial charge in [-0.05, 0) is 46.8 Å². The van der Waals surface area contributed by atoms with Crippen LogP contribution in [0.3, 0.4) is 0 Å². The molecule has 3 rings (SSSR count). The Morgan fingerprint density at radius 3 is 2.82 bits per heavy atom. The zero-order valence-electron chi connectivity index (χ0n) is 12.8. The molecular formula is C18H21BrN2O. The summed E-state index contributed by atoms with van der Waals surface area (Å²) in [7, 11) is 0. The van der Waals surface area contributed by atoms with Crippen molar-refractivity contribution in [2.45, 2.75) is 38.1 Å². The molecule has 1 saturated heterocycles. The molecule has 2 heterocycles. The van der Waals surface area contributed by atoms with Crippen molar-refractivity contribution in [3.8, 4) is 0 Å². The number of H-pyrrole nitrogens is 1. The maximum atomic E-state index is 12.8. The zero-order valence-corrected chi connectivity index (χ0v) is 14.3. The fraction of sp³-hybridized carbons (Fsp3) is 0.389. The molecule has 1 amide bonds. The van der Waals surface area contributed by atoms with Crippen LogP contribution in [0.2, 0.25) is 0 Å². The van der Waals surface area contributed by atoms with E-state index in [1.165, 1.54) is 5.56 Å². The summed E-state index contributed by atoms with van der Waals surface area (Å²) in [6.07, 6.45) is 5.03. The number of hydrogen-bond donors (Lipinski definition) is 1. The lowest BCUT2D eigenvalue weighted by atomic mass is 9.87. The Balaban J connectivity index is 1.84. The third-order valence-corrected chi connectivity index (χ3v) is 5.03. The molecule has 0 saturated carbocycles. The van der Waals surface area contributed by atoms with Gasteiger partial charge in [-0.3, -0.25) is 4.79 Å². The minimum atomic E-state index is 0.114. The highest BCUT2D eigenvalue weighted by molar-refractivity contribution is 9.10. The lowest BCUT2D eigenvalue weighted by Gasteiger charge is -2.31. The molecule has 0 unspecified atom stereocenters. The van der Waals surface area contributed by atoms with E-state index in [-0.39, 0.29) is 5.91 Å². The average Bonchev–Trinajstić information content (AvgIpc) is 3.18. The fourth-order valence-corrected chi connectivity index (χ4v) is 3.88. The van der Waals surface area contributed by atoms with Gasteiger partial charge in [0.05, 0.1) is 0 Å². The summed E-state index contributed by atoms with van der Waals surface area (Å²) in [6, 6.07) is 12.7. The number of nitrogens with one attached hydrogen (secondary N) is 1. The van der Waals surface area contributed by atoms with E-state index in [0.29, 0.717) is 17.7 Å². The minimum Gasteiger partial charge on any atom is -0.356 e. The number of benzene rings is 1. The Bertz CT molecular complexity index is 638. The molecule has 116 valence electrons. The predicted octanol–water partition coefficient (Wildman–Crippen LogP) is 4.58. The van der Waals surface area contributed by atoms with Crippen LogP contribution in [0.1, 0.15) is 48.2 Å². The van der Waals surface area contributed by atoms with Crippen LogP contribution in [-0.4, -0.2) is 28.4 Å². The smallest absolute Gasteiger partial charge is 0.270 e. The summed E-state index contributed by atoms with van der Waals surface area (Å²) in [5, 5.41) is 0. The van der Waals surface area contributed by atoms with E-state index in [4.69, 9.17) is 0 Å². The van der Waals surface area contributed by atoms with E-state index in [0.717, 1.165) is 30.3 Å². The molecule has 4 heteroatoms. The topological polar surface area (TPSA) is 36.1 Å². The van der Waals surface area contributed by atoms with E-state index >= 15 is 0 Å². The SMILES string of the molecule is CC[C@@H](c1ccccc1)[C@H]1CCCN1C(=O)c1cc(Br)c[nH]1. The largest absolute Gasteiger partial charge is 0.356 e. The fourth-order valence-electron chi connectivity index (χ4n) is 3.54. The monoisotopic (exact) mass is 360 g/mol. The average molecular weight is 361 g/mol. The molecule has 0 spiro atoms. The number of aromatic amines is 1. The second-order valence-corrected chi connectivity index (χ2v) is 6.78. The molecule has 1 aromatic heterocycles. The van der Waals surface area contributed by atoms with Gasteiger partial charge in [0.2, 0.25) is 0 Å². The van der Waals surface area contributed by atoms with E-state index in [9.17, 15) is 4.79 Å². The first-order valence-corrected chi connectivity index (χ1v) is 8.70. The molecular weight excluding hydrogens is 340 g/mol. The summed E-state index contributed by atoms with van der Waals surface area (Å²) in [5.74, 6) is 0.522. The van der Waals surface area contributed by atoms with Gasteiger partial charge in [-0.25, -0.2) is 0 Å². The second kappa shape index (κ2) is 6.69. The van der Waals surface area contributed by atoms with Crippen molar-refractivity contribution in [3.05, 3.63) is 58.3 Å². The minimum absolute atomic E-state index is 0.114. The predicted molar refractivity (Wildman–Crippen MR) is 92.0 cm³/mol. The van der Waals surface area contributed by atoms with Gasteiger partial charge >= 0.3 is 0 Å². The van der Waals surface area contributed by atoms with Crippen LogP contribution in [-0.2, 0) is 0 Å². The van der Waals surface area contributed by atoms with Crippen molar-refractivity contribution in [3.63, 3.8) is 0 Å². The number of carbonyl (C=O) groups is 1.